The Morgan fingerprint density at radius 2 is 1.78 bits per heavy atom. The van der Waals surface area contributed by atoms with E-state index in [9.17, 15) is 22.8 Å². The van der Waals surface area contributed by atoms with E-state index in [1.165, 1.54) is 22.8 Å². The van der Waals surface area contributed by atoms with E-state index < -0.39 is 17.6 Å². The normalized spacial score (nSPS) is 11.6. The maximum absolute atomic E-state index is 12.9. The van der Waals surface area contributed by atoms with Crippen LogP contribution in [0.4, 0.5) is 13.2 Å². The van der Waals surface area contributed by atoms with Gasteiger partial charge >= 0.3 is 12.1 Å². The van der Waals surface area contributed by atoms with Gasteiger partial charge in [0.25, 0.3) is 5.56 Å². The SMILES string of the molecule is C=CCn1c(=O)c2ccccc2n(Cc2nc(-c3ccc(OC(F)(F)F)cc3)no2)c1=O. The fourth-order valence-corrected chi connectivity index (χ4v) is 3.19. The molecule has 0 unspecified atom stereocenters. The number of allylic oxidation sites excluding steroid dienone is 1. The van der Waals surface area contributed by atoms with Gasteiger partial charge < -0.3 is 9.26 Å². The summed E-state index contributed by atoms with van der Waals surface area (Å²) in [4.78, 5) is 29.7. The first-order valence-corrected chi connectivity index (χ1v) is 9.29. The molecule has 0 aliphatic heterocycles. The number of rotatable bonds is 6. The molecule has 0 aliphatic carbocycles. The van der Waals surface area contributed by atoms with Crippen molar-refractivity contribution in [2.24, 2.45) is 0 Å². The summed E-state index contributed by atoms with van der Waals surface area (Å²) in [5.74, 6) is -0.186. The molecule has 0 amide bonds. The highest BCUT2D eigenvalue weighted by atomic mass is 19.4. The number of nitrogens with zero attached hydrogens (tertiary/aromatic N) is 4. The molecule has 11 heteroatoms. The molecule has 2 aromatic heterocycles. The number of benzene rings is 2. The Morgan fingerprint density at radius 1 is 1.06 bits per heavy atom. The van der Waals surface area contributed by atoms with Gasteiger partial charge in [0.2, 0.25) is 11.7 Å². The van der Waals surface area contributed by atoms with Crippen LogP contribution < -0.4 is 16.0 Å². The van der Waals surface area contributed by atoms with Crippen molar-refractivity contribution in [2.75, 3.05) is 0 Å². The summed E-state index contributed by atoms with van der Waals surface area (Å²) in [5, 5.41) is 4.17. The predicted molar refractivity (Wildman–Crippen MR) is 108 cm³/mol. The molecule has 0 aliphatic rings. The van der Waals surface area contributed by atoms with Crippen LogP contribution in [0, 0.1) is 0 Å². The minimum Gasteiger partial charge on any atom is -0.406 e. The molecule has 0 spiro atoms. The third-order valence-electron chi connectivity index (χ3n) is 4.55. The highest BCUT2D eigenvalue weighted by Gasteiger charge is 2.31. The quantitative estimate of drug-likeness (QED) is 0.424. The van der Waals surface area contributed by atoms with Crippen molar-refractivity contribution in [3.63, 3.8) is 0 Å². The van der Waals surface area contributed by atoms with Crippen molar-refractivity contribution < 1.29 is 22.4 Å². The zero-order valence-electron chi connectivity index (χ0n) is 16.4. The zero-order chi connectivity index (χ0) is 22.9. The van der Waals surface area contributed by atoms with Gasteiger partial charge in [0.15, 0.2) is 0 Å². The molecule has 0 atom stereocenters. The number of halogens is 3. The Labute approximate surface area is 177 Å². The van der Waals surface area contributed by atoms with E-state index in [0.29, 0.717) is 16.5 Å². The lowest BCUT2D eigenvalue weighted by atomic mass is 10.2. The molecule has 32 heavy (non-hydrogen) atoms. The summed E-state index contributed by atoms with van der Waals surface area (Å²) in [5.41, 5.74) is -0.212. The molecule has 0 bridgehead atoms. The zero-order valence-corrected chi connectivity index (χ0v) is 16.4. The molecule has 0 fully saturated rings. The van der Waals surface area contributed by atoms with Crippen LogP contribution in [0.3, 0.4) is 0 Å². The topological polar surface area (TPSA) is 92.2 Å². The highest BCUT2D eigenvalue weighted by molar-refractivity contribution is 5.77. The summed E-state index contributed by atoms with van der Waals surface area (Å²) >= 11 is 0. The van der Waals surface area contributed by atoms with E-state index >= 15 is 0 Å². The summed E-state index contributed by atoms with van der Waals surface area (Å²) in [6.07, 6.45) is -3.35. The molecular formula is C21H15F3N4O4. The van der Waals surface area contributed by atoms with Gasteiger partial charge in [0, 0.05) is 12.1 Å². The molecule has 4 rings (SSSR count). The predicted octanol–water partition coefficient (Wildman–Crippen LogP) is 3.35. The third kappa shape index (κ3) is 4.17. The van der Waals surface area contributed by atoms with Gasteiger partial charge in [-0.2, -0.15) is 4.98 Å². The van der Waals surface area contributed by atoms with Crippen molar-refractivity contribution in [3.8, 4) is 17.1 Å². The fraction of sp³-hybridized carbons (Fsp3) is 0.143. The number of hydrogen-bond acceptors (Lipinski definition) is 6. The molecule has 0 saturated heterocycles. The van der Waals surface area contributed by atoms with Gasteiger partial charge in [-0.05, 0) is 36.4 Å². The summed E-state index contributed by atoms with van der Waals surface area (Å²) in [6, 6.07) is 11.6. The lowest BCUT2D eigenvalue weighted by molar-refractivity contribution is -0.274. The largest absolute Gasteiger partial charge is 0.573 e. The van der Waals surface area contributed by atoms with Crippen molar-refractivity contribution in [3.05, 3.63) is 87.9 Å². The lowest BCUT2D eigenvalue weighted by Crippen LogP contribution is -2.40. The second-order valence-corrected chi connectivity index (χ2v) is 6.67. The van der Waals surface area contributed by atoms with Crippen molar-refractivity contribution in [1.82, 2.24) is 19.3 Å². The van der Waals surface area contributed by atoms with Gasteiger partial charge in [0.05, 0.1) is 10.9 Å². The number of aromatic nitrogens is 4. The lowest BCUT2D eigenvalue weighted by Gasteiger charge is -2.11. The molecule has 0 saturated carbocycles. The smallest absolute Gasteiger partial charge is 0.406 e. The van der Waals surface area contributed by atoms with E-state index in [-0.39, 0.29) is 30.6 Å². The van der Waals surface area contributed by atoms with Crippen molar-refractivity contribution >= 4 is 10.9 Å². The number of fused-ring (bicyclic) bond motifs is 1. The molecular weight excluding hydrogens is 429 g/mol. The molecule has 2 heterocycles. The van der Waals surface area contributed by atoms with Crippen LogP contribution >= 0.6 is 0 Å². The van der Waals surface area contributed by atoms with Gasteiger partial charge in [-0.25, -0.2) is 4.79 Å². The first kappa shape index (κ1) is 21.1. The molecule has 4 aromatic rings. The van der Waals surface area contributed by atoms with Gasteiger partial charge in [-0.1, -0.05) is 23.4 Å². The van der Waals surface area contributed by atoms with Crippen LogP contribution in [0.15, 0.2) is 75.3 Å². The van der Waals surface area contributed by atoms with E-state index in [2.05, 4.69) is 21.5 Å². The standard InChI is InChI=1S/C21H15F3N4O4/c1-2-11-27-19(29)15-5-3-4-6-16(15)28(20(27)30)12-17-25-18(26-32-17)13-7-9-14(10-8-13)31-21(22,23)24/h2-10H,1,11-12H2. The van der Waals surface area contributed by atoms with Crippen LogP contribution in [-0.4, -0.2) is 25.6 Å². The van der Waals surface area contributed by atoms with Crippen LogP contribution in [0.5, 0.6) is 5.75 Å². The van der Waals surface area contributed by atoms with Gasteiger partial charge in [-0.3, -0.25) is 13.9 Å². The molecule has 2 aromatic carbocycles. The first-order valence-electron chi connectivity index (χ1n) is 9.29. The number of hydrogen-bond donors (Lipinski definition) is 0. The highest BCUT2D eigenvalue weighted by Crippen LogP contribution is 2.25. The Bertz CT molecular complexity index is 1400. The third-order valence-corrected chi connectivity index (χ3v) is 4.55. The van der Waals surface area contributed by atoms with E-state index in [1.807, 2.05) is 0 Å². The minimum atomic E-state index is -4.79. The van der Waals surface area contributed by atoms with E-state index in [1.54, 1.807) is 24.3 Å². The second kappa shape index (κ2) is 8.17. The number of alkyl halides is 3. The maximum atomic E-state index is 12.9. The summed E-state index contributed by atoms with van der Waals surface area (Å²) in [7, 11) is 0. The van der Waals surface area contributed by atoms with Gasteiger partial charge in [0.1, 0.15) is 12.3 Å². The fourth-order valence-electron chi connectivity index (χ4n) is 3.19. The molecule has 0 N–H and O–H groups in total. The number of para-hydroxylation sites is 1. The van der Waals surface area contributed by atoms with E-state index in [4.69, 9.17) is 4.52 Å². The average Bonchev–Trinajstić information content (AvgIpc) is 3.22. The van der Waals surface area contributed by atoms with E-state index in [0.717, 1.165) is 16.7 Å². The second-order valence-electron chi connectivity index (χ2n) is 6.67. The first-order chi connectivity index (χ1) is 15.3. The van der Waals surface area contributed by atoms with Crippen molar-refractivity contribution in [1.29, 1.82) is 0 Å². The van der Waals surface area contributed by atoms with Crippen LogP contribution in [0.1, 0.15) is 5.89 Å². The average molecular weight is 444 g/mol. The summed E-state index contributed by atoms with van der Waals surface area (Å²) < 4.78 is 48.4. The molecule has 0 radical (unpaired) electrons. The van der Waals surface area contributed by atoms with Crippen molar-refractivity contribution in [2.45, 2.75) is 19.5 Å². The van der Waals surface area contributed by atoms with Crippen LogP contribution in [0.25, 0.3) is 22.3 Å². The monoisotopic (exact) mass is 444 g/mol. The Morgan fingerprint density at radius 3 is 2.47 bits per heavy atom. The Kier molecular flexibility index (Phi) is 5.39. The van der Waals surface area contributed by atoms with Gasteiger partial charge in [-0.15, -0.1) is 19.8 Å². The molecule has 164 valence electrons. The number of ether oxygens (including phenoxy) is 1. The van der Waals surface area contributed by atoms with Crippen LogP contribution in [-0.2, 0) is 13.1 Å². The van der Waals surface area contributed by atoms with Crippen LogP contribution in [0.2, 0.25) is 0 Å². The summed E-state index contributed by atoms with van der Waals surface area (Å²) in [6.45, 7) is 3.49. The molecule has 8 nitrogen and oxygen atoms in total. The Hall–Kier alpha value is -4.15. The maximum Gasteiger partial charge on any atom is 0.573 e. The Balaban J connectivity index is 1.68. The minimum absolute atomic E-state index is 0.0317.